The van der Waals surface area contributed by atoms with Crippen LogP contribution in [0.5, 0.6) is 0 Å². The maximum Gasteiger partial charge on any atom is 0.0547 e. The van der Waals surface area contributed by atoms with Crippen LogP contribution >= 0.6 is 0 Å². The minimum absolute atomic E-state index is 0.546. The van der Waals surface area contributed by atoms with E-state index in [0.717, 1.165) is 6.61 Å². The van der Waals surface area contributed by atoms with Crippen LogP contribution in [0, 0.1) is 0 Å². The van der Waals surface area contributed by atoms with E-state index in [0.29, 0.717) is 6.10 Å². The zero-order valence-corrected chi connectivity index (χ0v) is 12.2. The summed E-state index contributed by atoms with van der Waals surface area (Å²) in [5.41, 5.74) is 0. The van der Waals surface area contributed by atoms with Crippen LogP contribution in [0.25, 0.3) is 0 Å². The second-order valence-electron chi connectivity index (χ2n) is 3.53. The fraction of sp³-hybridized carbons (Fsp3) is 1.00. The molecule has 0 N–H and O–H groups in total. The summed E-state index contributed by atoms with van der Waals surface area (Å²) in [6.07, 6.45) is 6.96. The van der Waals surface area contributed by atoms with Gasteiger partial charge in [-0.25, -0.2) is 0 Å². The van der Waals surface area contributed by atoms with Gasteiger partial charge in [-0.05, 0) is 19.8 Å². The van der Waals surface area contributed by atoms with Crippen molar-refractivity contribution in [2.45, 2.75) is 86.7 Å². The van der Waals surface area contributed by atoms with Crippen LogP contribution in [0.4, 0.5) is 0 Å². The highest BCUT2D eigenvalue weighted by atomic mass is 16.5. The van der Waals surface area contributed by atoms with Gasteiger partial charge >= 0.3 is 0 Å². The first-order valence-electron chi connectivity index (χ1n) is 6.84. The molecule has 1 atom stereocenters. The molecule has 1 aliphatic heterocycles. The van der Waals surface area contributed by atoms with Gasteiger partial charge in [-0.15, -0.1) is 0 Å². The summed E-state index contributed by atoms with van der Waals surface area (Å²) in [5.74, 6) is 0. The topological polar surface area (TPSA) is 9.23 Å². The van der Waals surface area contributed by atoms with Gasteiger partial charge in [0.15, 0.2) is 0 Å². The van der Waals surface area contributed by atoms with E-state index in [1.54, 1.807) is 0 Å². The van der Waals surface area contributed by atoms with Crippen molar-refractivity contribution in [1.82, 2.24) is 0 Å². The molecule has 0 spiro atoms. The van der Waals surface area contributed by atoms with Crippen LogP contribution in [0.1, 0.15) is 80.6 Å². The maximum atomic E-state index is 5.15. The molecule has 96 valence electrons. The summed E-state index contributed by atoms with van der Waals surface area (Å²) in [4.78, 5) is 0. The Labute approximate surface area is 98.6 Å². The van der Waals surface area contributed by atoms with E-state index < -0.39 is 0 Å². The monoisotopic (exact) mass is 218 g/mol. The highest BCUT2D eigenvalue weighted by Gasteiger charge is 2.07. The molecular formula is C14H34O. The smallest absolute Gasteiger partial charge is 0.0547 e. The van der Waals surface area contributed by atoms with Crippen LogP contribution in [0.3, 0.4) is 0 Å². The van der Waals surface area contributed by atoms with E-state index in [1.807, 2.05) is 13.8 Å². The second kappa shape index (κ2) is 23.6. The van der Waals surface area contributed by atoms with Crippen LogP contribution in [0.2, 0.25) is 0 Å². The molecule has 0 saturated carbocycles. The van der Waals surface area contributed by atoms with Crippen molar-refractivity contribution in [3.05, 3.63) is 0 Å². The fourth-order valence-electron chi connectivity index (χ4n) is 0.739. The molecule has 0 bridgehead atoms. The molecule has 0 radical (unpaired) electrons. The number of rotatable bonds is 1. The van der Waals surface area contributed by atoms with Crippen molar-refractivity contribution in [2.75, 3.05) is 6.61 Å². The third kappa shape index (κ3) is 31.5. The number of ether oxygens (including phenoxy) is 1. The van der Waals surface area contributed by atoms with Gasteiger partial charge in [-0.2, -0.15) is 0 Å². The first kappa shape index (κ1) is 20.4. The van der Waals surface area contributed by atoms with Crippen molar-refractivity contribution in [1.29, 1.82) is 0 Å². The molecule has 0 aromatic heterocycles. The molecule has 1 nitrogen and oxygen atoms in total. The Kier molecular flexibility index (Phi) is 32.1. The summed E-state index contributed by atoms with van der Waals surface area (Å²) < 4.78 is 5.15. The maximum absolute atomic E-state index is 5.15. The fourth-order valence-corrected chi connectivity index (χ4v) is 0.739. The van der Waals surface area contributed by atoms with Crippen molar-refractivity contribution >= 4 is 0 Å². The highest BCUT2D eigenvalue weighted by Crippen LogP contribution is 2.09. The Bertz CT molecular complexity index is 63.7. The largest absolute Gasteiger partial charge is 0.379 e. The second-order valence-corrected chi connectivity index (χ2v) is 3.53. The van der Waals surface area contributed by atoms with Gasteiger partial charge in [0.05, 0.1) is 6.10 Å². The van der Waals surface area contributed by atoms with E-state index in [-0.39, 0.29) is 0 Å². The lowest BCUT2D eigenvalue weighted by atomic mass is 10.3. The molecule has 0 aromatic carbocycles. The predicted molar refractivity (Wildman–Crippen MR) is 72.5 cm³/mol. The number of hydrogen-bond donors (Lipinski definition) is 0. The van der Waals surface area contributed by atoms with Crippen LogP contribution in [0.15, 0.2) is 0 Å². The van der Waals surface area contributed by atoms with Gasteiger partial charge in [0.2, 0.25) is 0 Å². The Morgan fingerprint density at radius 2 is 1.40 bits per heavy atom. The zero-order valence-electron chi connectivity index (χ0n) is 12.2. The minimum Gasteiger partial charge on any atom is -0.379 e. The average molecular weight is 218 g/mol. The van der Waals surface area contributed by atoms with E-state index in [2.05, 4.69) is 34.6 Å². The standard InChI is InChI=1S/C5H10O.C4H10.C3H8.C2H6/c1-5-3-2-4-6-5;1-3-4-2;1-3-2;1-2/h5H,2-4H2,1H3;3-4H2,1-2H3;3H2,1-2H3;1-2H3. The third-order valence-corrected chi connectivity index (χ3v) is 1.66. The molecular weight excluding hydrogens is 184 g/mol. The quantitative estimate of drug-likeness (QED) is 0.570. The Hall–Kier alpha value is -0.0400. The Balaban J connectivity index is -0.000000142. The molecule has 0 aromatic rings. The predicted octanol–water partition coefficient (Wildman–Crippen LogP) is 5.43. The molecule has 1 saturated heterocycles. The van der Waals surface area contributed by atoms with Crippen LogP contribution in [-0.2, 0) is 4.74 Å². The molecule has 1 aliphatic rings. The highest BCUT2D eigenvalue weighted by molar-refractivity contribution is 4.56. The van der Waals surface area contributed by atoms with Crippen molar-refractivity contribution in [2.24, 2.45) is 0 Å². The molecule has 0 aliphatic carbocycles. The van der Waals surface area contributed by atoms with E-state index in [4.69, 9.17) is 4.74 Å². The number of hydrogen-bond acceptors (Lipinski definition) is 1. The molecule has 15 heavy (non-hydrogen) atoms. The normalized spacial score (nSPS) is 17.4. The van der Waals surface area contributed by atoms with Crippen molar-refractivity contribution in [3.8, 4) is 0 Å². The molecule has 1 heteroatoms. The molecule has 1 fully saturated rings. The average Bonchev–Trinajstić information content (AvgIpc) is 2.74. The summed E-state index contributed by atoms with van der Waals surface area (Å²) >= 11 is 0. The lowest BCUT2D eigenvalue weighted by molar-refractivity contribution is 0.125. The SMILES string of the molecule is CC.CC1CCCO1.CCC.CCCC. The zero-order chi connectivity index (χ0) is 12.5. The van der Waals surface area contributed by atoms with Crippen molar-refractivity contribution in [3.63, 3.8) is 0 Å². The molecule has 1 rings (SSSR count). The molecule has 1 heterocycles. The van der Waals surface area contributed by atoms with Gasteiger partial charge in [0, 0.05) is 6.61 Å². The lowest BCUT2D eigenvalue weighted by Gasteiger charge is -1.94. The van der Waals surface area contributed by atoms with Gasteiger partial charge in [0.1, 0.15) is 0 Å². The van der Waals surface area contributed by atoms with Gasteiger partial charge in [-0.3, -0.25) is 0 Å². The Morgan fingerprint density at radius 3 is 1.47 bits per heavy atom. The van der Waals surface area contributed by atoms with E-state index in [9.17, 15) is 0 Å². The van der Waals surface area contributed by atoms with Crippen molar-refractivity contribution < 1.29 is 4.74 Å². The number of unbranched alkanes of at least 4 members (excludes halogenated alkanes) is 1. The first-order valence-corrected chi connectivity index (χ1v) is 6.84. The van der Waals surface area contributed by atoms with Gasteiger partial charge in [-0.1, -0.05) is 60.8 Å². The van der Waals surface area contributed by atoms with Crippen LogP contribution in [-0.4, -0.2) is 12.7 Å². The van der Waals surface area contributed by atoms with Crippen LogP contribution < -0.4 is 0 Å². The lowest BCUT2D eigenvalue weighted by Crippen LogP contribution is -1.94. The summed E-state index contributed by atoms with van der Waals surface area (Å²) in [6, 6.07) is 0. The van der Waals surface area contributed by atoms with Gasteiger partial charge < -0.3 is 4.74 Å². The summed E-state index contributed by atoms with van der Waals surface area (Å²) in [5, 5.41) is 0. The first-order chi connectivity index (χ1) is 7.22. The minimum atomic E-state index is 0.546. The van der Waals surface area contributed by atoms with Gasteiger partial charge in [0.25, 0.3) is 0 Å². The Morgan fingerprint density at radius 1 is 1.00 bits per heavy atom. The van der Waals surface area contributed by atoms with E-state index >= 15 is 0 Å². The summed E-state index contributed by atoms with van der Waals surface area (Å²) in [6.45, 7) is 15.7. The van der Waals surface area contributed by atoms with E-state index in [1.165, 1.54) is 32.1 Å². The molecule has 1 unspecified atom stereocenters. The molecule has 0 amide bonds. The summed E-state index contributed by atoms with van der Waals surface area (Å²) in [7, 11) is 0. The third-order valence-electron chi connectivity index (χ3n) is 1.66.